The summed E-state index contributed by atoms with van der Waals surface area (Å²) >= 11 is 0.650. The first kappa shape index (κ1) is 13.8. The third-order valence-electron chi connectivity index (χ3n) is 2.99. The highest BCUT2D eigenvalue weighted by atomic mass is 32.1. The SMILES string of the molecule is O=C(Nc1nnc(C(F)F)s1)N[C@@H]1CCc2ncnn2C1. The van der Waals surface area contributed by atoms with Gasteiger partial charge in [-0.1, -0.05) is 11.3 Å². The fourth-order valence-corrected chi connectivity index (χ4v) is 2.64. The number of halogens is 2. The van der Waals surface area contributed by atoms with Crippen LogP contribution >= 0.6 is 11.3 Å². The molecule has 0 aromatic carbocycles. The molecule has 2 N–H and O–H groups in total. The van der Waals surface area contributed by atoms with E-state index < -0.39 is 17.5 Å². The van der Waals surface area contributed by atoms with Gasteiger partial charge in [-0.05, 0) is 6.42 Å². The Bertz CT molecular complexity index is 643. The predicted octanol–water partition coefficient (Wildman–Crippen LogP) is 1.20. The van der Waals surface area contributed by atoms with Gasteiger partial charge in [-0.25, -0.2) is 23.2 Å². The van der Waals surface area contributed by atoms with Gasteiger partial charge in [-0.15, -0.1) is 10.2 Å². The fourth-order valence-electron chi connectivity index (χ4n) is 2.05. The molecule has 3 heterocycles. The van der Waals surface area contributed by atoms with Gasteiger partial charge < -0.3 is 5.32 Å². The molecule has 112 valence electrons. The lowest BCUT2D eigenvalue weighted by atomic mass is 10.1. The molecule has 3 rings (SSSR count). The summed E-state index contributed by atoms with van der Waals surface area (Å²) in [6.07, 6.45) is 0.250. The van der Waals surface area contributed by atoms with E-state index in [4.69, 9.17) is 0 Å². The van der Waals surface area contributed by atoms with E-state index >= 15 is 0 Å². The zero-order chi connectivity index (χ0) is 14.8. The van der Waals surface area contributed by atoms with Gasteiger partial charge in [0.1, 0.15) is 12.2 Å². The van der Waals surface area contributed by atoms with Crippen LogP contribution in [0.2, 0.25) is 0 Å². The number of carbonyl (C=O) groups is 1. The standard InChI is InChI=1S/C10H11F2N7OS/c11-7(12)8-17-18-10(21-8)16-9(20)15-5-1-2-6-13-4-14-19(6)3-5/h4-5,7H,1-3H2,(H2,15,16,18,20)/t5-/m1/s1. The molecule has 0 aliphatic carbocycles. The summed E-state index contributed by atoms with van der Waals surface area (Å²) in [4.78, 5) is 15.9. The van der Waals surface area contributed by atoms with Crippen LogP contribution in [0, 0.1) is 0 Å². The lowest BCUT2D eigenvalue weighted by Gasteiger charge is -2.23. The van der Waals surface area contributed by atoms with Crippen molar-refractivity contribution < 1.29 is 13.6 Å². The molecule has 0 radical (unpaired) electrons. The molecule has 2 aromatic rings. The molecule has 21 heavy (non-hydrogen) atoms. The van der Waals surface area contributed by atoms with Gasteiger partial charge in [0.15, 0.2) is 5.01 Å². The molecule has 0 spiro atoms. The average molecular weight is 315 g/mol. The number of urea groups is 1. The van der Waals surface area contributed by atoms with E-state index in [9.17, 15) is 13.6 Å². The van der Waals surface area contributed by atoms with E-state index in [1.54, 1.807) is 4.68 Å². The molecule has 1 atom stereocenters. The number of aryl methyl sites for hydroxylation is 1. The maximum Gasteiger partial charge on any atom is 0.321 e. The zero-order valence-corrected chi connectivity index (χ0v) is 11.5. The van der Waals surface area contributed by atoms with Gasteiger partial charge in [0.2, 0.25) is 5.13 Å². The Balaban J connectivity index is 1.55. The van der Waals surface area contributed by atoms with Crippen LogP contribution in [0.15, 0.2) is 6.33 Å². The summed E-state index contributed by atoms with van der Waals surface area (Å²) in [5, 5.41) is 15.6. The van der Waals surface area contributed by atoms with Crippen molar-refractivity contribution in [1.29, 1.82) is 0 Å². The number of rotatable bonds is 3. The lowest BCUT2D eigenvalue weighted by Crippen LogP contribution is -2.43. The van der Waals surface area contributed by atoms with Crippen LogP contribution < -0.4 is 10.6 Å². The molecule has 0 bridgehead atoms. The van der Waals surface area contributed by atoms with Crippen molar-refractivity contribution in [2.24, 2.45) is 0 Å². The lowest BCUT2D eigenvalue weighted by molar-refractivity contribution is 0.150. The van der Waals surface area contributed by atoms with E-state index in [1.165, 1.54) is 6.33 Å². The van der Waals surface area contributed by atoms with Crippen molar-refractivity contribution in [3.8, 4) is 0 Å². The zero-order valence-electron chi connectivity index (χ0n) is 10.7. The Hall–Kier alpha value is -2.17. The van der Waals surface area contributed by atoms with Gasteiger partial charge in [-0.2, -0.15) is 5.10 Å². The Morgan fingerprint density at radius 2 is 2.33 bits per heavy atom. The highest BCUT2D eigenvalue weighted by Crippen LogP contribution is 2.25. The summed E-state index contributed by atoms with van der Waals surface area (Å²) in [5.41, 5.74) is 0. The molecule has 0 unspecified atom stereocenters. The van der Waals surface area contributed by atoms with Crippen LogP contribution in [-0.2, 0) is 13.0 Å². The number of carbonyl (C=O) groups excluding carboxylic acids is 1. The van der Waals surface area contributed by atoms with Crippen LogP contribution in [-0.4, -0.2) is 37.0 Å². The van der Waals surface area contributed by atoms with E-state index in [2.05, 4.69) is 30.9 Å². The van der Waals surface area contributed by atoms with Crippen molar-refractivity contribution >= 4 is 22.5 Å². The van der Waals surface area contributed by atoms with Crippen molar-refractivity contribution in [2.45, 2.75) is 31.9 Å². The van der Waals surface area contributed by atoms with Crippen molar-refractivity contribution in [1.82, 2.24) is 30.3 Å². The highest BCUT2D eigenvalue weighted by Gasteiger charge is 2.22. The fraction of sp³-hybridized carbons (Fsp3) is 0.500. The number of alkyl halides is 2. The number of hydrogen-bond donors (Lipinski definition) is 2. The molecule has 8 nitrogen and oxygen atoms in total. The molecule has 11 heteroatoms. The molecule has 2 aromatic heterocycles. The second kappa shape index (κ2) is 5.68. The molecular formula is C10H11F2N7OS. The van der Waals surface area contributed by atoms with Crippen LogP contribution in [0.1, 0.15) is 23.7 Å². The van der Waals surface area contributed by atoms with Crippen molar-refractivity contribution in [3.05, 3.63) is 17.2 Å². The Morgan fingerprint density at radius 3 is 3.10 bits per heavy atom. The van der Waals surface area contributed by atoms with E-state index in [0.717, 1.165) is 18.7 Å². The molecule has 0 saturated carbocycles. The van der Waals surface area contributed by atoms with Crippen LogP contribution in [0.4, 0.5) is 18.7 Å². The number of aromatic nitrogens is 5. The van der Waals surface area contributed by atoms with Crippen molar-refractivity contribution in [3.63, 3.8) is 0 Å². The quantitative estimate of drug-likeness (QED) is 0.887. The topological polar surface area (TPSA) is 97.6 Å². The minimum absolute atomic E-state index is 0.0417. The smallest absolute Gasteiger partial charge is 0.321 e. The number of fused-ring (bicyclic) bond motifs is 1. The normalized spacial score (nSPS) is 17.6. The second-order valence-electron chi connectivity index (χ2n) is 4.44. The summed E-state index contributed by atoms with van der Waals surface area (Å²) in [6.45, 7) is 0.529. The second-order valence-corrected chi connectivity index (χ2v) is 5.45. The molecular weight excluding hydrogens is 304 g/mol. The highest BCUT2D eigenvalue weighted by molar-refractivity contribution is 7.15. The van der Waals surface area contributed by atoms with E-state index in [1.807, 2.05) is 0 Å². The minimum atomic E-state index is -2.69. The number of anilines is 1. The monoisotopic (exact) mass is 315 g/mol. The molecule has 1 aliphatic rings. The van der Waals surface area contributed by atoms with Crippen LogP contribution in [0.25, 0.3) is 0 Å². The summed E-state index contributed by atoms with van der Waals surface area (Å²) in [5.74, 6) is 0.888. The van der Waals surface area contributed by atoms with Crippen LogP contribution in [0.3, 0.4) is 0 Å². The first-order valence-electron chi connectivity index (χ1n) is 6.17. The predicted molar refractivity (Wildman–Crippen MR) is 69.2 cm³/mol. The van der Waals surface area contributed by atoms with Gasteiger partial charge in [0, 0.05) is 6.42 Å². The Morgan fingerprint density at radius 1 is 1.48 bits per heavy atom. The van der Waals surface area contributed by atoms with Gasteiger partial charge >= 0.3 is 6.03 Å². The van der Waals surface area contributed by atoms with E-state index in [0.29, 0.717) is 17.9 Å². The largest absolute Gasteiger partial charge is 0.333 e. The van der Waals surface area contributed by atoms with E-state index in [-0.39, 0.29) is 11.2 Å². The maximum atomic E-state index is 12.4. The Kier molecular flexibility index (Phi) is 3.73. The number of nitrogens with one attached hydrogen (secondary N) is 2. The molecule has 2 amide bonds. The van der Waals surface area contributed by atoms with Gasteiger partial charge in [0.25, 0.3) is 6.43 Å². The molecule has 0 saturated heterocycles. The number of amides is 2. The summed E-state index contributed by atoms with van der Waals surface area (Å²) in [6, 6.07) is -0.595. The maximum absolute atomic E-state index is 12.4. The number of nitrogens with zero attached hydrogens (tertiary/aromatic N) is 5. The minimum Gasteiger partial charge on any atom is -0.333 e. The number of hydrogen-bond acceptors (Lipinski definition) is 6. The summed E-state index contributed by atoms with van der Waals surface area (Å²) in [7, 11) is 0. The van der Waals surface area contributed by atoms with Crippen LogP contribution in [0.5, 0.6) is 0 Å². The Labute approximate surface area is 121 Å². The third-order valence-corrected chi connectivity index (χ3v) is 3.83. The molecule has 1 aliphatic heterocycles. The van der Waals surface area contributed by atoms with Gasteiger partial charge in [0.05, 0.1) is 12.6 Å². The molecule has 0 fully saturated rings. The first-order valence-corrected chi connectivity index (χ1v) is 6.99. The van der Waals surface area contributed by atoms with Gasteiger partial charge in [-0.3, -0.25) is 5.32 Å². The summed E-state index contributed by atoms with van der Waals surface area (Å²) < 4.78 is 26.5. The first-order chi connectivity index (χ1) is 10.1. The van der Waals surface area contributed by atoms with Crippen molar-refractivity contribution in [2.75, 3.05) is 5.32 Å². The third kappa shape index (κ3) is 3.12. The average Bonchev–Trinajstić information content (AvgIpc) is 3.06.